The highest BCUT2D eigenvalue weighted by molar-refractivity contribution is 7.88. The van der Waals surface area contributed by atoms with Gasteiger partial charge in [0.1, 0.15) is 0 Å². The second kappa shape index (κ2) is 8.78. The molecule has 0 aliphatic carbocycles. The van der Waals surface area contributed by atoms with Crippen molar-refractivity contribution in [2.75, 3.05) is 45.5 Å². The van der Waals surface area contributed by atoms with E-state index in [4.69, 9.17) is 5.73 Å². The minimum atomic E-state index is -3.07. The predicted octanol–water partition coefficient (Wildman–Crippen LogP) is 1.16. The van der Waals surface area contributed by atoms with Crippen LogP contribution < -0.4 is 5.73 Å². The fraction of sp³-hybridized carbons (Fsp3) is 0.647. The van der Waals surface area contributed by atoms with Crippen LogP contribution >= 0.6 is 0 Å². The zero-order valence-corrected chi connectivity index (χ0v) is 14.8. The molecule has 1 saturated heterocycles. The fourth-order valence-electron chi connectivity index (χ4n) is 3.25. The van der Waals surface area contributed by atoms with E-state index < -0.39 is 10.0 Å². The van der Waals surface area contributed by atoms with Crippen LogP contribution in [0.2, 0.25) is 0 Å². The number of nitrogens with zero attached hydrogens (tertiary/aromatic N) is 2. The van der Waals surface area contributed by atoms with Gasteiger partial charge in [-0.3, -0.25) is 0 Å². The highest BCUT2D eigenvalue weighted by Crippen LogP contribution is 2.19. The Balaban J connectivity index is 1.88. The molecule has 2 N–H and O–H groups in total. The Hall–Kier alpha value is -0.950. The smallest absolute Gasteiger partial charge is 0.211 e. The minimum absolute atomic E-state index is 0.404. The highest BCUT2D eigenvalue weighted by Gasteiger charge is 2.26. The molecule has 2 rings (SSSR count). The van der Waals surface area contributed by atoms with Crippen molar-refractivity contribution in [1.29, 1.82) is 0 Å². The summed E-state index contributed by atoms with van der Waals surface area (Å²) in [7, 11) is -3.07. The van der Waals surface area contributed by atoms with Gasteiger partial charge in [-0.1, -0.05) is 30.3 Å². The summed E-state index contributed by atoms with van der Waals surface area (Å²) in [6.45, 7) is 4.70. The average molecular weight is 340 g/mol. The van der Waals surface area contributed by atoms with Crippen LogP contribution in [0.5, 0.6) is 0 Å². The summed E-state index contributed by atoms with van der Waals surface area (Å²) < 4.78 is 25.1. The summed E-state index contributed by atoms with van der Waals surface area (Å²) >= 11 is 0. The maximum atomic E-state index is 11.7. The van der Waals surface area contributed by atoms with Crippen molar-refractivity contribution in [2.45, 2.75) is 19.3 Å². The Bertz CT molecular complexity index is 562. The summed E-state index contributed by atoms with van der Waals surface area (Å²) in [4.78, 5) is 2.38. The van der Waals surface area contributed by atoms with Crippen molar-refractivity contribution >= 4 is 10.0 Å². The molecule has 130 valence electrons. The molecular formula is C17H29N3O2S. The normalized spacial score (nSPS) is 20.0. The zero-order valence-electron chi connectivity index (χ0n) is 14.0. The third-order valence-corrected chi connectivity index (χ3v) is 5.74. The molecule has 1 atom stereocenters. The number of hydrogen-bond donors (Lipinski definition) is 1. The second-order valence-corrected chi connectivity index (χ2v) is 8.44. The zero-order chi connectivity index (χ0) is 16.7. The van der Waals surface area contributed by atoms with Gasteiger partial charge in [0.05, 0.1) is 6.26 Å². The average Bonchev–Trinajstić information content (AvgIpc) is 2.53. The third-order valence-electron chi connectivity index (χ3n) is 4.47. The number of sulfonamides is 1. The Morgan fingerprint density at radius 2 is 2.00 bits per heavy atom. The van der Waals surface area contributed by atoms with Crippen LogP contribution in [-0.4, -0.2) is 63.1 Å². The van der Waals surface area contributed by atoms with Crippen LogP contribution in [-0.2, 0) is 16.4 Å². The van der Waals surface area contributed by atoms with Crippen LogP contribution in [0, 0.1) is 5.92 Å². The second-order valence-electron chi connectivity index (χ2n) is 6.45. The van der Waals surface area contributed by atoms with E-state index in [0.29, 0.717) is 25.6 Å². The van der Waals surface area contributed by atoms with Crippen molar-refractivity contribution < 1.29 is 8.42 Å². The van der Waals surface area contributed by atoms with Crippen LogP contribution in [0.4, 0.5) is 0 Å². The third kappa shape index (κ3) is 6.22. The monoisotopic (exact) mass is 339 g/mol. The summed E-state index contributed by atoms with van der Waals surface area (Å²) in [6, 6.07) is 10.4. The van der Waals surface area contributed by atoms with Gasteiger partial charge in [-0.05, 0) is 30.7 Å². The molecule has 23 heavy (non-hydrogen) atoms. The van der Waals surface area contributed by atoms with Crippen molar-refractivity contribution in [3.8, 4) is 0 Å². The largest absolute Gasteiger partial charge is 0.329 e. The van der Waals surface area contributed by atoms with Gasteiger partial charge in [-0.2, -0.15) is 0 Å². The molecule has 1 fully saturated rings. The number of piperidine rings is 1. The molecule has 5 nitrogen and oxygen atoms in total. The lowest BCUT2D eigenvalue weighted by molar-refractivity contribution is 0.182. The summed E-state index contributed by atoms with van der Waals surface area (Å²) in [5.74, 6) is 0.404. The molecule has 1 aliphatic rings. The maximum Gasteiger partial charge on any atom is 0.211 e. The molecule has 6 heteroatoms. The quantitative estimate of drug-likeness (QED) is 0.772. The van der Waals surface area contributed by atoms with E-state index in [0.717, 1.165) is 38.9 Å². The van der Waals surface area contributed by atoms with Gasteiger partial charge in [-0.15, -0.1) is 0 Å². The summed E-state index contributed by atoms with van der Waals surface area (Å²) in [6.07, 6.45) is 4.36. The Morgan fingerprint density at radius 1 is 1.26 bits per heavy atom. The van der Waals surface area contributed by atoms with Gasteiger partial charge in [0, 0.05) is 39.3 Å². The van der Waals surface area contributed by atoms with Gasteiger partial charge in [-0.25, -0.2) is 12.7 Å². The van der Waals surface area contributed by atoms with Crippen LogP contribution in [0.3, 0.4) is 0 Å². The van der Waals surface area contributed by atoms with Crippen molar-refractivity contribution in [1.82, 2.24) is 9.21 Å². The molecule has 0 bridgehead atoms. The highest BCUT2D eigenvalue weighted by atomic mass is 32.2. The van der Waals surface area contributed by atoms with Crippen molar-refractivity contribution in [2.24, 2.45) is 11.7 Å². The van der Waals surface area contributed by atoms with E-state index >= 15 is 0 Å². The van der Waals surface area contributed by atoms with E-state index in [1.807, 2.05) is 6.07 Å². The van der Waals surface area contributed by atoms with E-state index in [1.165, 1.54) is 11.8 Å². The SMILES string of the molecule is CS(=O)(=O)N1CCCC(CN(CCN)CCc2ccccc2)C1. The van der Waals surface area contributed by atoms with E-state index in [2.05, 4.69) is 29.2 Å². The molecule has 0 saturated carbocycles. The molecule has 1 aromatic rings. The van der Waals surface area contributed by atoms with Gasteiger partial charge in [0.15, 0.2) is 0 Å². The Kier molecular flexibility index (Phi) is 7.02. The number of nitrogens with two attached hydrogens (primary N) is 1. The van der Waals surface area contributed by atoms with E-state index in [9.17, 15) is 8.42 Å². The van der Waals surface area contributed by atoms with Gasteiger partial charge >= 0.3 is 0 Å². The number of rotatable bonds is 8. The molecule has 0 amide bonds. The fourth-order valence-corrected chi connectivity index (χ4v) is 4.19. The first kappa shape index (κ1) is 18.4. The van der Waals surface area contributed by atoms with E-state index in [1.54, 1.807) is 4.31 Å². The van der Waals surface area contributed by atoms with Crippen molar-refractivity contribution in [3.63, 3.8) is 0 Å². The lowest BCUT2D eigenvalue weighted by atomic mass is 9.98. The minimum Gasteiger partial charge on any atom is -0.329 e. The lowest BCUT2D eigenvalue weighted by Crippen LogP contribution is -2.44. The summed E-state index contributed by atoms with van der Waals surface area (Å²) in [5, 5.41) is 0. The first-order valence-electron chi connectivity index (χ1n) is 8.40. The number of benzene rings is 1. The maximum absolute atomic E-state index is 11.7. The summed E-state index contributed by atoms with van der Waals surface area (Å²) in [5.41, 5.74) is 7.08. The first-order chi connectivity index (χ1) is 11.0. The van der Waals surface area contributed by atoms with Gasteiger partial charge < -0.3 is 10.6 Å². The van der Waals surface area contributed by atoms with Crippen LogP contribution in [0.15, 0.2) is 30.3 Å². The number of hydrogen-bond acceptors (Lipinski definition) is 4. The molecule has 0 radical (unpaired) electrons. The molecule has 0 aromatic heterocycles. The lowest BCUT2D eigenvalue weighted by Gasteiger charge is -2.34. The van der Waals surface area contributed by atoms with Crippen LogP contribution in [0.25, 0.3) is 0 Å². The first-order valence-corrected chi connectivity index (χ1v) is 10.3. The predicted molar refractivity (Wildman–Crippen MR) is 94.8 cm³/mol. The molecule has 0 spiro atoms. The topological polar surface area (TPSA) is 66.6 Å². The Morgan fingerprint density at radius 3 is 2.65 bits per heavy atom. The van der Waals surface area contributed by atoms with E-state index in [-0.39, 0.29) is 0 Å². The van der Waals surface area contributed by atoms with Crippen LogP contribution in [0.1, 0.15) is 18.4 Å². The van der Waals surface area contributed by atoms with Gasteiger partial charge in [0.25, 0.3) is 0 Å². The molecule has 1 heterocycles. The molecular weight excluding hydrogens is 310 g/mol. The molecule has 1 aromatic carbocycles. The molecule has 1 unspecified atom stereocenters. The van der Waals surface area contributed by atoms with Crippen molar-refractivity contribution in [3.05, 3.63) is 35.9 Å². The van der Waals surface area contributed by atoms with Gasteiger partial charge in [0.2, 0.25) is 10.0 Å². The Labute approximate surface area is 140 Å². The molecule has 1 aliphatic heterocycles. The standard InChI is InChI=1S/C17H29N3O2S/c1-23(21,22)20-11-5-8-17(15-20)14-19(13-10-18)12-9-16-6-3-2-4-7-16/h2-4,6-7,17H,5,8-15,18H2,1H3.